The smallest absolute Gasteiger partial charge is 0.317 e. The normalized spacial score (nSPS) is 30.9. The van der Waals surface area contributed by atoms with Crippen LogP contribution in [0.4, 0.5) is 0 Å². The number of hydrogen-bond acceptors (Lipinski definition) is 6. The first-order chi connectivity index (χ1) is 19.5. The van der Waals surface area contributed by atoms with E-state index in [4.69, 9.17) is 18.6 Å². The fourth-order valence-corrected chi connectivity index (χ4v) is 11.3. The standard InChI is InChI=1S/C34H44O6Si/c1-25(35)15-9-6-10-16-26-21-22-34(39-26)23-29-30(40-34)33(5,31(36)38-29)24-37-41(32(2,3)4,27-17-11-7-12-18-27)28-19-13-8-14-20-28/h6-14,16-20,25-26,29-30,35H,15,21-24H2,1-5H3/b9-6-,16-10+/t25-,26+,29+,30-,33+,34-/m0/s1. The zero-order valence-corrected chi connectivity index (χ0v) is 25.9. The quantitative estimate of drug-likeness (QED) is 0.256. The van der Waals surface area contributed by atoms with Crippen molar-refractivity contribution in [3.63, 3.8) is 0 Å². The number of carbonyl (C=O) groups excluding carboxylic acids is 1. The molecule has 41 heavy (non-hydrogen) atoms. The minimum Gasteiger partial charge on any atom is -0.459 e. The molecule has 3 fully saturated rings. The van der Waals surface area contributed by atoms with E-state index in [1.807, 2.05) is 43.4 Å². The number of aliphatic hydroxyl groups excluding tert-OH is 1. The number of ether oxygens (including phenoxy) is 3. The van der Waals surface area contributed by atoms with E-state index in [0.29, 0.717) is 12.8 Å². The van der Waals surface area contributed by atoms with E-state index in [-0.39, 0.29) is 35.9 Å². The molecule has 3 heterocycles. The molecule has 0 bridgehead atoms. The number of hydrogen-bond donors (Lipinski definition) is 1. The summed E-state index contributed by atoms with van der Waals surface area (Å²) in [4.78, 5) is 13.4. The van der Waals surface area contributed by atoms with E-state index in [9.17, 15) is 9.90 Å². The van der Waals surface area contributed by atoms with Crippen LogP contribution in [0, 0.1) is 5.41 Å². The fraction of sp³-hybridized carbons (Fsp3) is 0.500. The van der Waals surface area contributed by atoms with Gasteiger partial charge in [-0.15, -0.1) is 0 Å². The average Bonchev–Trinajstić information content (AvgIpc) is 3.57. The van der Waals surface area contributed by atoms with Crippen molar-refractivity contribution in [2.45, 2.75) is 95.5 Å². The summed E-state index contributed by atoms with van der Waals surface area (Å²) in [6.07, 6.45) is 9.38. The molecule has 3 saturated heterocycles. The minimum atomic E-state index is -2.84. The van der Waals surface area contributed by atoms with Crippen LogP contribution in [-0.2, 0) is 23.4 Å². The lowest BCUT2D eigenvalue weighted by Crippen LogP contribution is -2.67. The molecule has 220 valence electrons. The number of allylic oxidation sites excluding steroid dienone is 2. The summed E-state index contributed by atoms with van der Waals surface area (Å²) in [5.41, 5.74) is -0.956. The predicted molar refractivity (Wildman–Crippen MR) is 162 cm³/mol. The van der Waals surface area contributed by atoms with E-state index < -0.39 is 25.6 Å². The Hall–Kier alpha value is -2.55. The van der Waals surface area contributed by atoms with Crippen LogP contribution < -0.4 is 10.4 Å². The largest absolute Gasteiger partial charge is 0.459 e. The van der Waals surface area contributed by atoms with Crippen LogP contribution in [-0.4, -0.2) is 56.2 Å². The van der Waals surface area contributed by atoms with Crippen molar-refractivity contribution >= 4 is 24.7 Å². The maximum atomic E-state index is 13.4. The van der Waals surface area contributed by atoms with Gasteiger partial charge in [0.15, 0.2) is 5.79 Å². The van der Waals surface area contributed by atoms with Crippen molar-refractivity contribution < 1.29 is 28.5 Å². The molecule has 6 atom stereocenters. The Balaban J connectivity index is 1.36. The average molecular weight is 577 g/mol. The molecule has 2 aromatic carbocycles. The molecular weight excluding hydrogens is 532 g/mol. The zero-order valence-electron chi connectivity index (χ0n) is 24.9. The molecule has 3 aliphatic rings. The molecule has 7 heteroatoms. The van der Waals surface area contributed by atoms with Gasteiger partial charge in [0.25, 0.3) is 8.32 Å². The Kier molecular flexibility index (Phi) is 8.48. The summed E-state index contributed by atoms with van der Waals surface area (Å²) in [6, 6.07) is 20.9. The van der Waals surface area contributed by atoms with Gasteiger partial charge in [-0.25, -0.2) is 0 Å². The van der Waals surface area contributed by atoms with Crippen molar-refractivity contribution in [1.82, 2.24) is 0 Å². The molecular formula is C34H44O6Si. The number of esters is 1. The van der Waals surface area contributed by atoms with Crippen LogP contribution in [0.3, 0.4) is 0 Å². The van der Waals surface area contributed by atoms with Crippen molar-refractivity contribution in [2.75, 3.05) is 6.61 Å². The first kappa shape index (κ1) is 29.9. The number of fused-ring (bicyclic) bond motifs is 1. The van der Waals surface area contributed by atoms with Gasteiger partial charge in [-0.1, -0.05) is 106 Å². The summed E-state index contributed by atoms with van der Waals surface area (Å²) in [6.45, 7) is 10.6. The molecule has 3 aliphatic heterocycles. The Bertz CT molecular complexity index is 1210. The van der Waals surface area contributed by atoms with E-state index in [0.717, 1.165) is 12.8 Å². The molecule has 0 saturated carbocycles. The lowest BCUT2D eigenvalue weighted by atomic mass is 9.85. The molecule has 0 radical (unpaired) electrons. The first-order valence-corrected chi connectivity index (χ1v) is 16.7. The van der Waals surface area contributed by atoms with Gasteiger partial charge in [-0.3, -0.25) is 4.79 Å². The molecule has 0 aromatic heterocycles. The molecule has 2 aromatic rings. The second-order valence-corrected chi connectivity index (χ2v) is 17.4. The Morgan fingerprint density at radius 2 is 1.68 bits per heavy atom. The highest BCUT2D eigenvalue weighted by Crippen LogP contribution is 2.52. The van der Waals surface area contributed by atoms with Crippen molar-refractivity contribution in [2.24, 2.45) is 5.41 Å². The molecule has 6 nitrogen and oxygen atoms in total. The fourth-order valence-electron chi connectivity index (χ4n) is 6.63. The summed E-state index contributed by atoms with van der Waals surface area (Å²) in [5, 5.41) is 11.6. The Labute approximate surface area is 245 Å². The van der Waals surface area contributed by atoms with Gasteiger partial charge >= 0.3 is 5.97 Å². The third-order valence-electron chi connectivity index (χ3n) is 8.78. The SMILES string of the molecule is C[C@H](O)C/C=C\C=C\[C@@H]1CC[C@]2(C[C@H]3OC(=O)[C@](C)(CO[Si](c4ccccc4)(c4ccccc4)C(C)(C)C)[C@H]3O2)O1. The van der Waals surface area contributed by atoms with E-state index in [1.165, 1.54) is 10.4 Å². The van der Waals surface area contributed by atoms with E-state index >= 15 is 0 Å². The molecule has 0 unspecified atom stereocenters. The van der Waals surface area contributed by atoms with Crippen LogP contribution in [0.15, 0.2) is 85.0 Å². The molecule has 0 amide bonds. The molecule has 0 aliphatic carbocycles. The van der Waals surface area contributed by atoms with Crippen molar-refractivity contribution in [3.8, 4) is 0 Å². The van der Waals surface area contributed by atoms with Gasteiger partial charge in [0, 0.05) is 12.8 Å². The third kappa shape index (κ3) is 5.75. The van der Waals surface area contributed by atoms with Crippen molar-refractivity contribution in [3.05, 3.63) is 85.0 Å². The van der Waals surface area contributed by atoms with Gasteiger partial charge in [-0.2, -0.15) is 0 Å². The highest BCUT2D eigenvalue weighted by Gasteiger charge is 2.66. The van der Waals surface area contributed by atoms with E-state index in [2.05, 4.69) is 69.3 Å². The number of rotatable bonds is 9. The van der Waals surface area contributed by atoms with Gasteiger partial charge in [0.1, 0.15) is 17.6 Å². The maximum Gasteiger partial charge on any atom is 0.317 e. The van der Waals surface area contributed by atoms with Crippen LogP contribution in [0.1, 0.15) is 60.3 Å². The molecule has 5 rings (SSSR count). The van der Waals surface area contributed by atoms with Gasteiger partial charge < -0.3 is 23.7 Å². The van der Waals surface area contributed by atoms with Crippen molar-refractivity contribution in [1.29, 1.82) is 0 Å². The monoisotopic (exact) mass is 576 g/mol. The highest BCUT2D eigenvalue weighted by atomic mass is 28.4. The second-order valence-electron chi connectivity index (χ2n) is 13.1. The summed E-state index contributed by atoms with van der Waals surface area (Å²) < 4.78 is 26.2. The van der Waals surface area contributed by atoms with Crippen LogP contribution in [0.25, 0.3) is 0 Å². The van der Waals surface area contributed by atoms with Crippen LogP contribution in [0.5, 0.6) is 0 Å². The number of aliphatic hydroxyl groups is 1. The maximum absolute atomic E-state index is 13.4. The molecule has 1 spiro atoms. The predicted octanol–water partition coefficient (Wildman–Crippen LogP) is 5.04. The minimum absolute atomic E-state index is 0.0691. The van der Waals surface area contributed by atoms with Crippen LogP contribution >= 0.6 is 0 Å². The van der Waals surface area contributed by atoms with Gasteiger partial charge in [0.05, 0.1) is 18.8 Å². The lowest BCUT2D eigenvalue weighted by molar-refractivity contribution is -0.225. The lowest BCUT2D eigenvalue weighted by Gasteiger charge is -2.44. The second kappa shape index (κ2) is 11.6. The topological polar surface area (TPSA) is 74.2 Å². The number of carbonyl (C=O) groups is 1. The highest BCUT2D eigenvalue weighted by molar-refractivity contribution is 6.99. The molecule has 1 N–H and O–H groups in total. The van der Waals surface area contributed by atoms with Gasteiger partial charge in [-0.05, 0) is 42.1 Å². The van der Waals surface area contributed by atoms with Gasteiger partial charge in [0.2, 0.25) is 0 Å². The zero-order chi connectivity index (χ0) is 29.3. The van der Waals surface area contributed by atoms with Crippen LogP contribution in [0.2, 0.25) is 5.04 Å². The Morgan fingerprint density at radius 3 is 2.27 bits per heavy atom. The first-order valence-electron chi connectivity index (χ1n) is 14.8. The summed E-state index contributed by atoms with van der Waals surface area (Å²) in [5.74, 6) is -1.02. The van der Waals surface area contributed by atoms with E-state index in [1.54, 1.807) is 6.92 Å². The summed E-state index contributed by atoms with van der Waals surface area (Å²) >= 11 is 0. The third-order valence-corrected chi connectivity index (χ3v) is 13.8. The number of benzene rings is 2. The summed E-state index contributed by atoms with van der Waals surface area (Å²) in [7, 11) is -2.84. The Morgan fingerprint density at radius 1 is 1.05 bits per heavy atom.